The molecule has 0 saturated heterocycles. The maximum atomic E-state index is 12.2. The van der Waals surface area contributed by atoms with Crippen LogP contribution in [0.5, 0.6) is 0 Å². The van der Waals surface area contributed by atoms with Crippen LogP contribution in [-0.4, -0.2) is 23.6 Å². The maximum Gasteiger partial charge on any atom is 0.338 e. The molecule has 0 aliphatic heterocycles. The number of thiocarbonyl (C=S) groups is 1. The van der Waals surface area contributed by atoms with Crippen molar-refractivity contribution >= 4 is 58.1 Å². The lowest BCUT2D eigenvalue weighted by Crippen LogP contribution is -2.34. The van der Waals surface area contributed by atoms with Gasteiger partial charge in [0.1, 0.15) is 0 Å². The number of benzene rings is 2. The number of carbonyl (C=O) groups is 2. The van der Waals surface area contributed by atoms with Gasteiger partial charge < -0.3 is 10.1 Å². The van der Waals surface area contributed by atoms with Crippen molar-refractivity contribution in [3.05, 3.63) is 63.6 Å². The molecule has 0 aromatic heterocycles. The first-order valence-corrected chi connectivity index (χ1v) is 9.41. The first-order valence-electron chi connectivity index (χ1n) is 8.25. The number of rotatable bonds is 6. The van der Waals surface area contributed by atoms with Gasteiger partial charge in [-0.05, 0) is 61.1 Å². The van der Waals surface area contributed by atoms with E-state index in [1.165, 1.54) is 12.1 Å². The summed E-state index contributed by atoms with van der Waals surface area (Å²) >= 11 is 17.0. The van der Waals surface area contributed by atoms with Crippen molar-refractivity contribution in [2.75, 3.05) is 11.9 Å². The summed E-state index contributed by atoms with van der Waals surface area (Å²) in [7, 11) is 0. The van der Waals surface area contributed by atoms with E-state index in [0.717, 1.165) is 12.8 Å². The Morgan fingerprint density at radius 1 is 1.11 bits per heavy atom. The SMILES string of the molecule is CCCCOC(=O)c1ccc(NC(=S)NC(=O)c2ccc(Cl)cc2Cl)cc1. The van der Waals surface area contributed by atoms with Gasteiger partial charge in [0.25, 0.3) is 5.91 Å². The molecule has 2 rings (SSSR count). The van der Waals surface area contributed by atoms with Gasteiger partial charge in [-0.2, -0.15) is 0 Å². The molecule has 0 saturated carbocycles. The van der Waals surface area contributed by atoms with Gasteiger partial charge in [-0.3, -0.25) is 10.1 Å². The molecule has 0 spiro atoms. The Bertz CT molecular complexity index is 841. The molecule has 0 fully saturated rings. The molecule has 5 nitrogen and oxygen atoms in total. The van der Waals surface area contributed by atoms with Crippen molar-refractivity contribution in [2.45, 2.75) is 19.8 Å². The Balaban J connectivity index is 1.91. The first kappa shape index (κ1) is 21.2. The van der Waals surface area contributed by atoms with Crippen LogP contribution in [-0.2, 0) is 4.74 Å². The smallest absolute Gasteiger partial charge is 0.338 e. The van der Waals surface area contributed by atoms with Gasteiger partial charge >= 0.3 is 5.97 Å². The van der Waals surface area contributed by atoms with Gasteiger partial charge in [-0.15, -0.1) is 0 Å². The summed E-state index contributed by atoms with van der Waals surface area (Å²) in [6.07, 6.45) is 1.79. The number of hydrogen-bond donors (Lipinski definition) is 2. The van der Waals surface area contributed by atoms with E-state index in [4.69, 9.17) is 40.2 Å². The molecule has 0 atom stereocenters. The molecule has 142 valence electrons. The largest absolute Gasteiger partial charge is 0.462 e. The lowest BCUT2D eigenvalue weighted by molar-refractivity contribution is 0.0499. The highest BCUT2D eigenvalue weighted by Gasteiger charge is 2.13. The number of anilines is 1. The van der Waals surface area contributed by atoms with E-state index < -0.39 is 5.91 Å². The number of ether oxygens (including phenoxy) is 1. The minimum atomic E-state index is -0.453. The quantitative estimate of drug-likeness (QED) is 0.384. The molecule has 0 heterocycles. The highest BCUT2D eigenvalue weighted by atomic mass is 35.5. The third kappa shape index (κ3) is 6.50. The number of halogens is 2. The summed E-state index contributed by atoms with van der Waals surface area (Å²) in [6, 6.07) is 11.1. The molecule has 2 N–H and O–H groups in total. The zero-order valence-corrected chi connectivity index (χ0v) is 16.9. The lowest BCUT2D eigenvalue weighted by Gasteiger charge is -2.11. The molecule has 8 heteroatoms. The second-order valence-electron chi connectivity index (χ2n) is 5.60. The maximum absolute atomic E-state index is 12.2. The fourth-order valence-corrected chi connectivity index (χ4v) is 2.79. The van der Waals surface area contributed by atoms with E-state index in [0.29, 0.717) is 22.9 Å². The number of esters is 1. The fraction of sp³-hybridized carbons (Fsp3) is 0.211. The van der Waals surface area contributed by atoms with Crippen molar-refractivity contribution in [3.63, 3.8) is 0 Å². The summed E-state index contributed by atoms with van der Waals surface area (Å²) in [5, 5.41) is 6.18. The van der Waals surface area contributed by atoms with Crippen LogP contribution in [0.2, 0.25) is 10.0 Å². The Morgan fingerprint density at radius 3 is 2.44 bits per heavy atom. The molecule has 0 radical (unpaired) electrons. The molecule has 1 amide bonds. The lowest BCUT2D eigenvalue weighted by atomic mass is 10.2. The minimum Gasteiger partial charge on any atom is -0.462 e. The summed E-state index contributed by atoms with van der Waals surface area (Å²) < 4.78 is 5.15. The van der Waals surface area contributed by atoms with E-state index in [-0.39, 0.29) is 21.7 Å². The van der Waals surface area contributed by atoms with E-state index >= 15 is 0 Å². The number of unbranched alkanes of at least 4 members (excludes halogenated alkanes) is 1. The van der Waals surface area contributed by atoms with E-state index in [1.54, 1.807) is 30.3 Å². The van der Waals surface area contributed by atoms with Crippen LogP contribution in [0, 0.1) is 0 Å². The highest BCUT2D eigenvalue weighted by molar-refractivity contribution is 7.80. The van der Waals surface area contributed by atoms with Crippen LogP contribution in [0.15, 0.2) is 42.5 Å². The van der Waals surface area contributed by atoms with Crippen molar-refractivity contribution in [1.29, 1.82) is 0 Å². The topological polar surface area (TPSA) is 67.4 Å². The number of hydrogen-bond acceptors (Lipinski definition) is 4. The second kappa shape index (κ2) is 10.3. The summed E-state index contributed by atoms with van der Waals surface area (Å²) in [5.41, 5.74) is 1.32. The standard InChI is InChI=1S/C19H18Cl2N2O3S/c1-2-3-10-26-18(25)12-4-7-14(8-5-12)22-19(27)23-17(24)15-9-6-13(20)11-16(15)21/h4-9,11H,2-3,10H2,1H3,(H2,22,23,24,27). The molecule has 0 bridgehead atoms. The minimum absolute atomic E-state index is 0.101. The third-order valence-corrected chi connectivity index (χ3v) is 4.26. The molecular formula is C19H18Cl2N2O3S. The molecule has 0 aliphatic carbocycles. The predicted octanol–water partition coefficient (Wildman–Crippen LogP) is 5.08. The van der Waals surface area contributed by atoms with Crippen LogP contribution in [0.4, 0.5) is 5.69 Å². The van der Waals surface area contributed by atoms with Crippen LogP contribution in [0.25, 0.3) is 0 Å². The monoisotopic (exact) mass is 424 g/mol. The summed E-state index contributed by atoms with van der Waals surface area (Å²) in [5.74, 6) is -0.825. The summed E-state index contributed by atoms with van der Waals surface area (Å²) in [4.78, 5) is 24.1. The van der Waals surface area contributed by atoms with Crippen LogP contribution < -0.4 is 10.6 Å². The predicted molar refractivity (Wildman–Crippen MR) is 112 cm³/mol. The average molecular weight is 425 g/mol. The van der Waals surface area contributed by atoms with E-state index in [9.17, 15) is 9.59 Å². The Morgan fingerprint density at radius 2 is 1.81 bits per heavy atom. The highest BCUT2D eigenvalue weighted by Crippen LogP contribution is 2.21. The number of carbonyl (C=O) groups excluding carboxylic acids is 2. The van der Waals surface area contributed by atoms with Gasteiger partial charge in [-0.1, -0.05) is 36.5 Å². The zero-order chi connectivity index (χ0) is 19.8. The third-order valence-electron chi connectivity index (χ3n) is 3.51. The molecule has 0 aliphatic rings. The van der Waals surface area contributed by atoms with Gasteiger partial charge in [0.05, 0.1) is 22.8 Å². The van der Waals surface area contributed by atoms with Gasteiger partial charge in [0.15, 0.2) is 5.11 Å². The molecule has 2 aromatic carbocycles. The van der Waals surface area contributed by atoms with Gasteiger partial charge in [0.2, 0.25) is 0 Å². The fourth-order valence-electron chi connectivity index (χ4n) is 2.09. The van der Waals surface area contributed by atoms with Crippen molar-refractivity contribution < 1.29 is 14.3 Å². The van der Waals surface area contributed by atoms with Gasteiger partial charge in [-0.25, -0.2) is 4.79 Å². The van der Waals surface area contributed by atoms with Crippen LogP contribution >= 0.6 is 35.4 Å². The molecular weight excluding hydrogens is 407 g/mol. The van der Waals surface area contributed by atoms with Crippen LogP contribution in [0.1, 0.15) is 40.5 Å². The average Bonchev–Trinajstić information content (AvgIpc) is 2.62. The van der Waals surface area contributed by atoms with Crippen LogP contribution in [0.3, 0.4) is 0 Å². The second-order valence-corrected chi connectivity index (χ2v) is 6.85. The Hall–Kier alpha value is -2.15. The molecule has 2 aromatic rings. The molecule has 0 unspecified atom stereocenters. The van der Waals surface area contributed by atoms with Gasteiger partial charge in [0, 0.05) is 10.7 Å². The first-order chi connectivity index (χ1) is 12.9. The van der Waals surface area contributed by atoms with Crippen molar-refractivity contribution in [3.8, 4) is 0 Å². The zero-order valence-electron chi connectivity index (χ0n) is 14.6. The Kier molecular flexibility index (Phi) is 8.03. The van der Waals surface area contributed by atoms with Crippen molar-refractivity contribution in [2.24, 2.45) is 0 Å². The van der Waals surface area contributed by atoms with E-state index in [2.05, 4.69) is 10.6 Å². The number of amides is 1. The Labute approximate surface area is 173 Å². The molecule has 27 heavy (non-hydrogen) atoms. The van der Waals surface area contributed by atoms with E-state index in [1.807, 2.05) is 6.92 Å². The number of nitrogens with one attached hydrogen (secondary N) is 2. The van der Waals surface area contributed by atoms with Crippen molar-refractivity contribution in [1.82, 2.24) is 5.32 Å². The summed E-state index contributed by atoms with van der Waals surface area (Å²) in [6.45, 7) is 2.43. The normalized spacial score (nSPS) is 10.2.